The Kier molecular flexibility index (Phi) is 3.47. The van der Waals surface area contributed by atoms with Crippen molar-refractivity contribution >= 4 is 5.91 Å². The first-order valence-corrected chi connectivity index (χ1v) is 6.14. The van der Waals surface area contributed by atoms with Crippen LogP contribution in [0.3, 0.4) is 0 Å². The Balaban J connectivity index is 1.98. The second kappa shape index (κ2) is 4.87. The fraction of sp³-hybridized carbons (Fsp3) is 0.667. The fourth-order valence-electron chi connectivity index (χ4n) is 2.49. The number of hydrogen-bond acceptors (Lipinski definition) is 3. The summed E-state index contributed by atoms with van der Waals surface area (Å²) in [6.45, 7) is 0.564. The molecule has 1 amide bonds. The molecule has 1 saturated carbocycles. The number of H-pyrrole nitrogens is 1. The van der Waals surface area contributed by atoms with Gasteiger partial charge in [0.1, 0.15) is 0 Å². The zero-order valence-electron chi connectivity index (χ0n) is 10.3. The number of amides is 1. The molecule has 1 aromatic heterocycles. The summed E-state index contributed by atoms with van der Waals surface area (Å²) in [7, 11) is 1.80. The third-order valence-corrected chi connectivity index (χ3v) is 3.49. The van der Waals surface area contributed by atoms with Gasteiger partial charge in [-0.3, -0.25) is 9.89 Å². The molecule has 1 aliphatic carbocycles. The molecule has 0 radical (unpaired) electrons. The monoisotopic (exact) mass is 236 g/mol. The van der Waals surface area contributed by atoms with Crippen molar-refractivity contribution in [1.29, 1.82) is 0 Å². The van der Waals surface area contributed by atoms with Crippen molar-refractivity contribution in [3.05, 3.63) is 18.0 Å². The number of nitrogens with one attached hydrogen (secondary N) is 1. The number of rotatable bonds is 3. The van der Waals surface area contributed by atoms with Crippen LogP contribution in [0.4, 0.5) is 0 Å². The minimum absolute atomic E-state index is 0.0541. The van der Waals surface area contributed by atoms with Crippen LogP contribution in [0.5, 0.6) is 0 Å². The normalized spacial score (nSPS) is 18.9. The summed E-state index contributed by atoms with van der Waals surface area (Å²) in [6, 6.07) is 0. The largest absolute Gasteiger partial charge is 0.340 e. The van der Waals surface area contributed by atoms with Crippen molar-refractivity contribution in [2.75, 3.05) is 7.05 Å². The van der Waals surface area contributed by atoms with Crippen molar-refractivity contribution in [2.45, 2.75) is 44.2 Å². The van der Waals surface area contributed by atoms with E-state index in [-0.39, 0.29) is 5.91 Å². The molecule has 3 N–H and O–H groups in total. The molecule has 1 aliphatic rings. The topological polar surface area (TPSA) is 75.0 Å². The highest BCUT2D eigenvalue weighted by atomic mass is 16.2. The molecule has 0 spiro atoms. The first-order chi connectivity index (χ1) is 8.12. The maximum atomic E-state index is 12.3. The van der Waals surface area contributed by atoms with Gasteiger partial charge in [0.15, 0.2) is 0 Å². The van der Waals surface area contributed by atoms with E-state index in [1.807, 2.05) is 0 Å². The number of hydrogen-bond donors (Lipinski definition) is 2. The molecule has 0 atom stereocenters. The number of aromatic nitrogens is 2. The second-order valence-corrected chi connectivity index (χ2v) is 4.98. The molecule has 2 rings (SSSR count). The fourth-order valence-corrected chi connectivity index (χ4v) is 2.49. The van der Waals surface area contributed by atoms with Gasteiger partial charge in [0.05, 0.1) is 11.7 Å². The molecule has 17 heavy (non-hydrogen) atoms. The summed E-state index contributed by atoms with van der Waals surface area (Å²) in [5.74, 6) is 0.0541. The highest BCUT2D eigenvalue weighted by Crippen LogP contribution is 2.27. The van der Waals surface area contributed by atoms with E-state index in [9.17, 15) is 4.79 Å². The molecule has 0 unspecified atom stereocenters. The lowest BCUT2D eigenvalue weighted by Gasteiger charge is -2.35. The van der Waals surface area contributed by atoms with E-state index in [0.29, 0.717) is 6.54 Å². The molecular formula is C12H20N4O. The number of nitrogens with two attached hydrogens (primary N) is 1. The van der Waals surface area contributed by atoms with Crippen LogP contribution in [0.15, 0.2) is 12.4 Å². The minimum atomic E-state index is -0.642. The third kappa shape index (κ3) is 2.66. The first-order valence-electron chi connectivity index (χ1n) is 6.14. The summed E-state index contributed by atoms with van der Waals surface area (Å²) < 4.78 is 0. The van der Waals surface area contributed by atoms with E-state index in [2.05, 4.69) is 10.2 Å². The Morgan fingerprint density at radius 1 is 1.53 bits per heavy atom. The molecule has 0 bridgehead atoms. The molecule has 94 valence electrons. The highest BCUT2D eigenvalue weighted by molar-refractivity contribution is 5.86. The van der Waals surface area contributed by atoms with Gasteiger partial charge in [-0.25, -0.2) is 0 Å². The predicted octanol–water partition coefficient (Wildman–Crippen LogP) is 1.03. The number of likely N-dealkylation sites (N-methyl/N-ethyl adjacent to an activating group) is 1. The Morgan fingerprint density at radius 2 is 2.24 bits per heavy atom. The molecular weight excluding hydrogens is 216 g/mol. The van der Waals surface area contributed by atoms with Gasteiger partial charge in [-0.05, 0) is 12.8 Å². The van der Waals surface area contributed by atoms with E-state index < -0.39 is 5.54 Å². The predicted molar refractivity (Wildman–Crippen MR) is 65.1 cm³/mol. The van der Waals surface area contributed by atoms with Gasteiger partial charge < -0.3 is 10.6 Å². The quantitative estimate of drug-likeness (QED) is 0.823. The van der Waals surface area contributed by atoms with Gasteiger partial charge in [0.2, 0.25) is 5.91 Å². The van der Waals surface area contributed by atoms with Crippen molar-refractivity contribution in [3.8, 4) is 0 Å². The maximum Gasteiger partial charge on any atom is 0.242 e. The summed E-state index contributed by atoms with van der Waals surface area (Å²) in [6.07, 6.45) is 8.45. The molecule has 0 aromatic carbocycles. The smallest absolute Gasteiger partial charge is 0.242 e. The standard InChI is InChI=1S/C12H20N4O/c1-16(9-10-7-14-15-8-10)11(17)12(13)5-3-2-4-6-12/h7-8H,2-6,9,13H2,1H3,(H,14,15). The third-order valence-electron chi connectivity index (χ3n) is 3.49. The van der Waals surface area contributed by atoms with Gasteiger partial charge in [0.25, 0.3) is 0 Å². The summed E-state index contributed by atoms with van der Waals surface area (Å²) in [5.41, 5.74) is 6.58. The lowest BCUT2D eigenvalue weighted by molar-refractivity contribution is -0.137. The lowest BCUT2D eigenvalue weighted by atomic mass is 9.81. The Hall–Kier alpha value is -1.36. The molecule has 0 saturated heterocycles. The van der Waals surface area contributed by atoms with Crippen LogP contribution in [-0.4, -0.2) is 33.6 Å². The van der Waals surface area contributed by atoms with Crippen molar-refractivity contribution in [3.63, 3.8) is 0 Å². The minimum Gasteiger partial charge on any atom is -0.340 e. The Bertz CT molecular complexity index is 368. The van der Waals surface area contributed by atoms with Crippen LogP contribution in [0, 0.1) is 0 Å². The lowest BCUT2D eigenvalue weighted by Crippen LogP contribution is -2.55. The number of aromatic amines is 1. The summed E-state index contributed by atoms with van der Waals surface area (Å²) >= 11 is 0. The number of nitrogens with zero attached hydrogens (tertiary/aromatic N) is 2. The average molecular weight is 236 g/mol. The molecule has 5 nitrogen and oxygen atoms in total. The van der Waals surface area contributed by atoms with E-state index in [4.69, 9.17) is 5.73 Å². The van der Waals surface area contributed by atoms with Gasteiger partial charge in [0, 0.05) is 25.4 Å². The maximum absolute atomic E-state index is 12.3. The highest BCUT2D eigenvalue weighted by Gasteiger charge is 2.37. The van der Waals surface area contributed by atoms with Gasteiger partial charge in [-0.15, -0.1) is 0 Å². The first kappa shape index (κ1) is 12.1. The van der Waals surface area contributed by atoms with Gasteiger partial charge in [-0.1, -0.05) is 19.3 Å². The number of carbonyl (C=O) groups excluding carboxylic acids is 1. The summed E-state index contributed by atoms with van der Waals surface area (Å²) in [5, 5.41) is 6.61. The van der Waals surface area contributed by atoms with Crippen molar-refractivity contribution < 1.29 is 4.79 Å². The van der Waals surface area contributed by atoms with Crippen molar-refractivity contribution in [1.82, 2.24) is 15.1 Å². The van der Waals surface area contributed by atoms with Crippen LogP contribution in [-0.2, 0) is 11.3 Å². The summed E-state index contributed by atoms with van der Waals surface area (Å²) in [4.78, 5) is 14.0. The van der Waals surface area contributed by atoms with E-state index in [1.54, 1.807) is 24.3 Å². The Labute approximate surface area is 101 Å². The second-order valence-electron chi connectivity index (χ2n) is 4.98. The van der Waals surface area contributed by atoms with Crippen molar-refractivity contribution in [2.24, 2.45) is 5.73 Å². The van der Waals surface area contributed by atoms with Gasteiger partial charge in [-0.2, -0.15) is 5.10 Å². The van der Waals surface area contributed by atoms with E-state index >= 15 is 0 Å². The zero-order valence-corrected chi connectivity index (χ0v) is 10.3. The molecule has 5 heteroatoms. The van der Waals surface area contributed by atoms with Crippen LogP contribution in [0.2, 0.25) is 0 Å². The molecule has 1 fully saturated rings. The van der Waals surface area contributed by atoms with Gasteiger partial charge >= 0.3 is 0 Å². The average Bonchev–Trinajstić information content (AvgIpc) is 2.81. The van der Waals surface area contributed by atoms with Crippen LogP contribution in [0.1, 0.15) is 37.7 Å². The molecule has 1 heterocycles. The molecule has 0 aliphatic heterocycles. The Morgan fingerprint density at radius 3 is 2.82 bits per heavy atom. The van der Waals surface area contributed by atoms with E-state index in [1.165, 1.54) is 6.42 Å². The van der Waals surface area contributed by atoms with Crippen LogP contribution in [0.25, 0.3) is 0 Å². The zero-order chi connectivity index (χ0) is 12.3. The van der Waals surface area contributed by atoms with Crippen LogP contribution < -0.4 is 5.73 Å². The number of carbonyl (C=O) groups is 1. The van der Waals surface area contributed by atoms with Crippen LogP contribution >= 0.6 is 0 Å². The SMILES string of the molecule is CN(Cc1cn[nH]c1)C(=O)C1(N)CCCCC1. The van der Waals surface area contributed by atoms with E-state index in [0.717, 1.165) is 31.2 Å². The molecule has 1 aromatic rings.